The Hall–Kier alpha value is -1.91. The van der Waals surface area contributed by atoms with Crippen LogP contribution < -0.4 is 5.32 Å². The Bertz CT molecular complexity index is 530. The molecule has 2 amide bonds. The Morgan fingerprint density at radius 3 is 2.73 bits per heavy atom. The first-order valence-corrected chi connectivity index (χ1v) is 7.82. The molecule has 2 rings (SSSR count). The van der Waals surface area contributed by atoms with Crippen molar-refractivity contribution in [2.24, 2.45) is 5.92 Å². The van der Waals surface area contributed by atoms with Gasteiger partial charge >= 0.3 is 0 Å². The molecule has 22 heavy (non-hydrogen) atoms. The van der Waals surface area contributed by atoms with Gasteiger partial charge in [0.25, 0.3) is 0 Å². The van der Waals surface area contributed by atoms with Crippen molar-refractivity contribution in [2.75, 3.05) is 13.1 Å². The topological polar surface area (TPSA) is 49.4 Å². The summed E-state index contributed by atoms with van der Waals surface area (Å²) < 4.78 is 12.9. The second kappa shape index (κ2) is 7.38. The highest BCUT2D eigenvalue weighted by molar-refractivity contribution is 5.89. The molecular formula is C17H23FN2O2. The predicted octanol–water partition coefficient (Wildman–Crippen LogP) is 2.13. The second-order valence-corrected chi connectivity index (χ2v) is 5.94. The fourth-order valence-corrected chi connectivity index (χ4v) is 2.54. The number of amides is 2. The van der Waals surface area contributed by atoms with Crippen molar-refractivity contribution in [2.45, 2.75) is 39.2 Å². The third-order valence-electron chi connectivity index (χ3n) is 4.17. The minimum Gasteiger partial charge on any atom is -0.353 e. The summed E-state index contributed by atoms with van der Waals surface area (Å²) in [4.78, 5) is 25.8. The van der Waals surface area contributed by atoms with Crippen molar-refractivity contribution >= 4 is 11.8 Å². The van der Waals surface area contributed by atoms with Crippen LogP contribution in [0.3, 0.4) is 0 Å². The summed E-state index contributed by atoms with van der Waals surface area (Å²) in [5, 5.41) is 2.93. The lowest BCUT2D eigenvalue weighted by Crippen LogP contribution is -2.38. The van der Waals surface area contributed by atoms with Crippen LogP contribution in [-0.2, 0) is 16.0 Å². The van der Waals surface area contributed by atoms with E-state index in [9.17, 15) is 14.0 Å². The summed E-state index contributed by atoms with van der Waals surface area (Å²) in [6.07, 6.45) is 1.83. The number of hydrogen-bond donors (Lipinski definition) is 1. The summed E-state index contributed by atoms with van der Waals surface area (Å²) in [6, 6.07) is 6.43. The molecule has 5 heteroatoms. The first kappa shape index (κ1) is 16.5. The van der Waals surface area contributed by atoms with E-state index < -0.39 is 0 Å². The number of halogens is 1. The molecule has 0 radical (unpaired) electrons. The van der Waals surface area contributed by atoms with Crippen LogP contribution in [0, 0.1) is 11.7 Å². The van der Waals surface area contributed by atoms with Gasteiger partial charge in [-0.3, -0.25) is 9.59 Å². The van der Waals surface area contributed by atoms with Crippen LogP contribution >= 0.6 is 0 Å². The lowest BCUT2D eigenvalue weighted by Gasteiger charge is -2.18. The van der Waals surface area contributed by atoms with E-state index in [1.54, 1.807) is 17.0 Å². The molecule has 1 fully saturated rings. The Labute approximate surface area is 130 Å². The maximum atomic E-state index is 12.9. The third-order valence-corrected chi connectivity index (χ3v) is 4.17. The summed E-state index contributed by atoms with van der Waals surface area (Å²) in [7, 11) is 0. The van der Waals surface area contributed by atoms with Crippen molar-refractivity contribution in [3.8, 4) is 0 Å². The van der Waals surface area contributed by atoms with E-state index in [1.165, 1.54) is 12.1 Å². The van der Waals surface area contributed by atoms with Crippen LogP contribution in [0.1, 0.15) is 32.3 Å². The maximum Gasteiger partial charge on any atom is 0.225 e. The normalized spacial score (nSPS) is 19.3. The number of benzene rings is 1. The van der Waals surface area contributed by atoms with Gasteiger partial charge in [-0.25, -0.2) is 4.39 Å². The minimum absolute atomic E-state index is 0.0198. The quantitative estimate of drug-likeness (QED) is 0.875. The van der Waals surface area contributed by atoms with E-state index in [1.807, 2.05) is 13.8 Å². The summed E-state index contributed by atoms with van der Waals surface area (Å²) in [5.41, 5.74) is 0.988. The van der Waals surface area contributed by atoms with Gasteiger partial charge in [0.2, 0.25) is 11.8 Å². The predicted molar refractivity (Wildman–Crippen MR) is 82.7 cm³/mol. The second-order valence-electron chi connectivity index (χ2n) is 5.94. The fraction of sp³-hybridized carbons (Fsp3) is 0.529. The molecule has 4 nitrogen and oxygen atoms in total. The van der Waals surface area contributed by atoms with Gasteiger partial charge in [-0.05, 0) is 37.5 Å². The molecule has 1 N–H and O–H groups in total. The summed E-state index contributed by atoms with van der Waals surface area (Å²) in [6.45, 7) is 5.01. The van der Waals surface area contributed by atoms with Crippen LogP contribution in [0.2, 0.25) is 0 Å². The van der Waals surface area contributed by atoms with Gasteiger partial charge in [-0.15, -0.1) is 0 Å². The van der Waals surface area contributed by atoms with Crippen molar-refractivity contribution in [1.82, 2.24) is 10.2 Å². The summed E-state index contributed by atoms with van der Waals surface area (Å²) in [5.74, 6) is -0.532. The van der Waals surface area contributed by atoms with Crippen molar-refractivity contribution in [3.05, 3.63) is 35.6 Å². The fourth-order valence-electron chi connectivity index (χ4n) is 2.54. The highest BCUT2D eigenvalue weighted by Crippen LogP contribution is 2.19. The SMILES string of the molecule is CC[C@H](C)NC(=O)[C@H]1CC(=O)N(CCc2ccc(F)cc2)C1. The molecule has 120 valence electrons. The lowest BCUT2D eigenvalue weighted by atomic mass is 10.1. The molecule has 1 aliphatic rings. The molecule has 0 saturated carbocycles. The number of hydrogen-bond acceptors (Lipinski definition) is 2. The van der Waals surface area contributed by atoms with Gasteiger partial charge in [0.05, 0.1) is 5.92 Å². The number of carbonyl (C=O) groups is 2. The molecule has 0 spiro atoms. The van der Waals surface area contributed by atoms with Crippen molar-refractivity contribution in [3.63, 3.8) is 0 Å². The molecule has 2 atom stereocenters. The zero-order valence-electron chi connectivity index (χ0n) is 13.1. The standard InChI is InChI=1S/C17H23FN2O2/c1-3-12(2)19-17(22)14-10-16(21)20(11-14)9-8-13-4-6-15(18)7-5-13/h4-7,12,14H,3,8-11H2,1-2H3,(H,19,22)/t12-,14-/m0/s1. The average Bonchev–Trinajstić information content (AvgIpc) is 2.88. The number of rotatable bonds is 6. The van der Waals surface area contributed by atoms with Crippen LogP contribution in [0.15, 0.2) is 24.3 Å². The molecule has 0 aliphatic carbocycles. The largest absolute Gasteiger partial charge is 0.353 e. The van der Waals surface area contributed by atoms with Crippen LogP contribution in [-0.4, -0.2) is 35.8 Å². The third kappa shape index (κ3) is 4.29. The van der Waals surface area contributed by atoms with Crippen LogP contribution in [0.4, 0.5) is 4.39 Å². The lowest BCUT2D eigenvalue weighted by molar-refractivity contribution is -0.129. The highest BCUT2D eigenvalue weighted by atomic mass is 19.1. The van der Waals surface area contributed by atoms with E-state index in [2.05, 4.69) is 5.32 Å². The highest BCUT2D eigenvalue weighted by Gasteiger charge is 2.34. The van der Waals surface area contributed by atoms with E-state index in [-0.39, 0.29) is 36.0 Å². The molecule has 0 unspecified atom stereocenters. The first-order valence-electron chi connectivity index (χ1n) is 7.82. The van der Waals surface area contributed by atoms with E-state index >= 15 is 0 Å². The monoisotopic (exact) mass is 306 g/mol. The minimum atomic E-state index is -0.261. The number of nitrogens with one attached hydrogen (secondary N) is 1. The molecule has 1 heterocycles. The molecule has 1 aromatic rings. The van der Waals surface area contributed by atoms with Gasteiger partial charge in [-0.2, -0.15) is 0 Å². The van der Waals surface area contributed by atoms with E-state index in [4.69, 9.17) is 0 Å². The average molecular weight is 306 g/mol. The number of carbonyl (C=O) groups excluding carboxylic acids is 2. The molecule has 0 aromatic heterocycles. The molecular weight excluding hydrogens is 283 g/mol. The first-order chi connectivity index (χ1) is 10.5. The smallest absolute Gasteiger partial charge is 0.225 e. The maximum absolute atomic E-state index is 12.9. The van der Waals surface area contributed by atoms with Crippen molar-refractivity contribution < 1.29 is 14.0 Å². The van der Waals surface area contributed by atoms with Crippen LogP contribution in [0.25, 0.3) is 0 Å². The van der Waals surface area contributed by atoms with Crippen LogP contribution in [0.5, 0.6) is 0 Å². The molecule has 1 aromatic carbocycles. The summed E-state index contributed by atoms with van der Waals surface area (Å²) >= 11 is 0. The zero-order valence-corrected chi connectivity index (χ0v) is 13.1. The Balaban J connectivity index is 1.84. The Morgan fingerprint density at radius 2 is 2.09 bits per heavy atom. The zero-order chi connectivity index (χ0) is 16.1. The number of nitrogens with zero attached hydrogens (tertiary/aromatic N) is 1. The van der Waals surface area contributed by atoms with E-state index in [0.29, 0.717) is 19.5 Å². The van der Waals surface area contributed by atoms with E-state index in [0.717, 1.165) is 12.0 Å². The molecule has 0 bridgehead atoms. The van der Waals surface area contributed by atoms with Gasteiger partial charge < -0.3 is 10.2 Å². The van der Waals surface area contributed by atoms with Gasteiger partial charge in [0.1, 0.15) is 5.82 Å². The van der Waals surface area contributed by atoms with Gasteiger partial charge in [-0.1, -0.05) is 19.1 Å². The molecule has 1 saturated heterocycles. The number of likely N-dealkylation sites (tertiary alicyclic amines) is 1. The van der Waals surface area contributed by atoms with Crippen molar-refractivity contribution in [1.29, 1.82) is 0 Å². The molecule has 1 aliphatic heterocycles. The Morgan fingerprint density at radius 1 is 1.41 bits per heavy atom. The Kier molecular flexibility index (Phi) is 5.52. The van der Waals surface area contributed by atoms with Gasteiger partial charge in [0.15, 0.2) is 0 Å². The van der Waals surface area contributed by atoms with Gasteiger partial charge in [0, 0.05) is 25.6 Å².